The zero-order valence-electron chi connectivity index (χ0n) is 21.2. The quantitative estimate of drug-likeness (QED) is 0.252. The van der Waals surface area contributed by atoms with Crippen molar-refractivity contribution in [1.29, 1.82) is 0 Å². The van der Waals surface area contributed by atoms with E-state index < -0.39 is 63.7 Å². The Morgan fingerprint density at radius 3 is 2.43 bits per heavy atom. The Labute approximate surface area is 243 Å². The normalized spacial score (nSPS) is 19.9. The molecule has 4 aromatic rings. The summed E-state index contributed by atoms with van der Waals surface area (Å²) in [6.07, 6.45) is -1.82. The van der Waals surface area contributed by atoms with Crippen LogP contribution >= 0.6 is 23.1 Å². The number of halogens is 3. The molecule has 14 heteroatoms. The maximum Gasteiger partial charge on any atom is 0.418 e. The second-order valence-corrected chi connectivity index (χ2v) is 11.7. The van der Waals surface area contributed by atoms with Crippen LogP contribution in [0.5, 0.6) is 5.75 Å². The fourth-order valence-corrected chi connectivity index (χ4v) is 7.98. The lowest BCUT2D eigenvalue weighted by molar-refractivity contribution is -0.137. The first-order valence-corrected chi connectivity index (χ1v) is 14.2. The summed E-state index contributed by atoms with van der Waals surface area (Å²) in [4.78, 5) is 58.3. The first-order chi connectivity index (χ1) is 20.0. The molecule has 0 spiro atoms. The topological polar surface area (TPSA) is 122 Å². The van der Waals surface area contributed by atoms with Crippen molar-refractivity contribution < 1.29 is 32.7 Å². The molecule has 2 aromatic carbocycles. The number of carbonyl (C=O) groups is 3. The van der Waals surface area contributed by atoms with Crippen LogP contribution < -0.4 is 15.1 Å². The van der Waals surface area contributed by atoms with Crippen LogP contribution in [-0.4, -0.2) is 37.6 Å². The number of rotatable bonds is 5. The average molecular weight is 613 g/mol. The van der Waals surface area contributed by atoms with E-state index in [0.717, 1.165) is 35.2 Å². The molecule has 0 bridgehead atoms. The number of aromatic hydroxyl groups is 1. The molecule has 214 valence electrons. The fraction of sp³-hybridized carbons (Fsp3) is 0.179. The third-order valence-corrected chi connectivity index (χ3v) is 9.60. The number of thioether (sulfide) groups is 1. The number of phenols is 1. The Morgan fingerprint density at radius 1 is 1.00 bits per heavy atom. The molecular formula is C28H19F3N4O5S2. The monoisotopic (exact) mass is 612 g/mol. The summed E-state index contributed by atoms with van der Waals surface area (Å²) >= 11 is 1.70. The number of nitrogens with one attached hydrogen (secondary N) is 1. The number of imide groups is 1. The Hall–Kier alpha value is -4.43. The number of anilines is 2. The molecule has 2 unspecified atom stereocenters. The molecule has 9 nitrogen and oxygen atoms in total. The first kappa shape index (κ1) is 27.7. The number of hydrogen-bond acceptors (Lipinski definition) is 8. The second-order valence-electron chi connectivity index (χ2n) is 9.57. The Bertz CT molecular complexity index is 1770. The number of alkyl halides is 3. The smallest absolute Gasteiger partial charge is 0.418 e. The van der Waals surface area contributed by atoms with Gasteiger partial charge in [0.25, 0.3) is 0 Å². The lowest BCUT2D eigenvalue weighted by Crippen LogP contribution is -2.33. The molecule has 1 saturated heterocycles. The maximum atomic E-state index is 13.9. The van der Waals surface area contributed by atoms with Gasteiger partial charge in [0.15, 0.2) is 0 Å². The number of hydrogen-bond donors (Lipinski definition) is 2. The summed E-state index contributed by atoms with van der Waals surface area (Å²) in [6.45, 7) is -0.418. The minimum absolute atomic E-state index is 0.00574. The van der Waals surface area contributed by atoms with Gasteiger partial charge in [0.05, 0.1) is 22.2 Å². The molecule has 2 aliphatic heterocycles. The van der Waals surface area contributed by atoms with Crippen LogP contribution in [0.4, 0.5) is 24.5 Å². The molecule has 2 N–H and O–H groups in total. The van der Waals surface area contributed by atoms with Crippen molar-refractivity contribution in [2.45, 2.75) is 28.9 Å². The van der Waals surface area contributed by atoms with Crippen molar-refractivity contribution in [2.24, 2.45) is 5.92 Å². The number of benzene rings is 2. The number of aromatic nitrogens is 2. The number of thiazole rings is 1. The summed E-state index contributed by atoms with van der Waals surface area (Å²) in [7, 11) is 0. The molecule has 2 aromatic heterocycles. The minimum Gasteiger partial charge on any atom is -0.508 e. The lowest BCUT2D eigenvalue weighted by atomic mass is 9.84. The van der Waals surface area contributed by atoms with E-state index in [1.807, 2.05) is 0 Å². The largest absolute Gasteiger partial charge is 0.508 e. The number of amides is 3. The number of phenolic OH excluding ortho intramolecular Hbond substituents is 1. The van der Waals surface area contributed by atoms with Gasteiger partial charge in [-0.1, -0.05) is 41.3 Å². The molecule has 0 saturated carbocycles. The average Bonchev–Trinajstić information content (AvgIpc) is 3.40. The SMILES string of the molecule is O=C(Cn1c2c(sc1=O)[C@H](c1cccnc1)C1C(=O)N(c3ccccc3C(F)(F)F)C(=O)C1S2)Nc1ccc(O)cc1. The van der Waals surface area contributed by atoms with Gasteiger partial charge in [-0.2, -0.15) is 13.2 Å². The summed E-state index contributed by atoms with van der Waals surface area (Å²) in [5.74, 6) is -4.18. The number of carbonyl (C=O) groups excluding carboxylic acids is 3. The van der Waals surface area contributed by atoms with Gasteiger partial charge in [0, 0.05) is 28.9 Å². The minimum atomic E-state index is -4.81. The van der Waals surface area contributed by atoms with Gasteiger partial charge in [-0.05, 0) is 48.0 Å². The van der Waals surface area contributed by atoms with Crippen LogP contribution in [0.2, 0.25) is 0 Å². The van der Waals surface area contributed by atoms with Gasteiger partial charge in [0.1, 0.15) is 17.5 Å². The standard InChI is InChI=1S/C28H19F3N4O5S2/c29-28(30,31)17-5-1-2-6-18(17)35-24(38)21-20(14-4-3-11-32-12-14)23-26(41-22(21)25(35)39)34(27(40)42-23)13-19(37)33-15-7-9-16(36)10-8-15/h1-12,20-22,36H,13H2,(H,33,37)/t20-,21?,22?/m1/s1. The van der Waals surface area contributed by atoms with Crippen molar-refractivity contribution in [1.82, 2.24) is 9.55 Å². The molecule has 2 aliphatic rings. The Balaban J connectivity index is 1.41. The molecule has 42 heavy (non-hydrogen) atoms. The number of nitrogens with zero attached hydrogens (tertiary/aromatic N) is 3. The zero-order chi connectivity index (χ0) is 29.8. The van der Waals surface area contributed by atoms with Crippen molar-refractivity contribution in [2.75, 3.05) is 10.2 Å². The van der Waals surface area contributed by atoms with Gasteiger partial charge in [-0.25, -0.2) is 4.90 Å². The van der Waals surface area contributed by atoms with Crippen molar-refractivity contribution >= 4 is 52.2 Å². The molecular weight excluding hydrogens is 593 g/mol. The van der Waals surface area contributed by atoms with Crippen LogP contribution in [0.25, 0.3) is 0 Å². The predicted octanol–water partition coefficient (Wildman–Crippen LogP) is 4.46. The van der Waals surface area contributed by atoms with E-state index in [0.29, 0.717) is 21.0 Å². The lowest BCUT2D eigenvalue weighted by Gasteiger charge is -2.30. The van der Waals surface area contributed by atoms with Gasteiger partial charge in [0.2, 0.25) is 17.7 Å². The van der Waals surface area contributed by atoms with E-state index in [2.05, 4.69) is 10.3 Å². The molecule has 1 fully saturated rings. The van der Waals surface area contributed by atoms with Crippen molar-refractivity contribution in [3.63, 3.8) is 0 Å². The van der Waals surface area contributed by atoms with E-state index in [9.17, 15) is 37.5 Å². The zero-order valence-corrected chi connectivity index (χ0v) is 22.9. The molecule has 6 rings (SSSR count). The highest BCUT2D eigenvalue weighted by molar-refractivity contribution is 8.00. The van der Waals surface area contributed by atoms with Crippen molar-refractivity contribution in [3.8, 4) is 5.75 Å². The van der Waals surface area contributed by atoms with E-state index in [1.165, 1.54) is 53.4 Å². The van der Waals surface area contributed by atoms with Crippen LogP contribution in [0, 0.1) is 5.92 Å². The summed E-state index contributed by atoms with van der Waals surface area (Å²) < 4.78 is 42.8. The van der Waals surface area contributed by atoms with Crippen LogP contribution in [-0.2, 0) is 27.1 Å². The summed E-state index contributed by atoms with van der Waals surface area (Å²) in [5.41, 5.74) is -0.797. The van der Waals surface area contributed by atoms with E-state index in [4.69, 9.17) is 0 Å². The number of fused-ring (bicyclic) bond motifs is 2. The van der Waals surface area contributed by atoms with E-state index >= 15 is 0 Å². The van der Waals surface area contributed by atoms with Gasteiger partial charge in [-0.3, -0.25) is 28.7 Å². The Kier molecular flexibility index (Phi) is 6.89. The highest BCUT2D eigenvalue weighted by Crippen LogP contribution is 2.54. The Morgan fingerprint density at radius 2 is 1.74 bits per heavy atom. The van der Waals surface area contributed by atoms with Crippen molar-refractivity contribution in [3.05, 3.63) is 98.7 Å². The van der Waals surface area contributed by atoms with E-state index in [1.54, 1.807) is 12.1 Å². The fourth-order valence-electron chi connectivity index (χ4n) is 5.21. The molecule has 3 atom stereocenters. The van der Waals surface area contributed by atoms with Crippen LogP contribution in [0.3, 0.4) is 0 Å². The van der Waals surface area contributed by atoms with Gasteiger partial charge >= 0.3 is 11.0 Å². The van der Waals surface area contributed by atoms with Gasteiger partial charge in [-0.15, -0.1) is 0 Å². The highest BCUT2D eigenvalue weighted by Gasteiger charge is 2.57. The molecule has 4 heterocycles. The third-order valence-electron chi connectivity index (χ3n) is 7.00. The molecule has 0 radical (unpaired) electrons. The predicted molar refractivity (Wildman–Crippen MR) is 148 cm³/mol. The highest BCUT2D eigenvalue weighted by atomic mass is 32.2. The molecule has 0 aliphatic carbocycles. The first-order valence-electron chi connectivity index (χ1n) is 12.5. The molecule has 3 amide bonds. The van der Waals surface area contributed by atoms with Gasteiger partial charge < -0.3 is 10.4 Å². The van der Waals surface area contributed by atoms with Crippen LogP contribution in [0.1, 0.15) is 21.9 Å². The maximum absolute atomic E-state index is 13.9. The number of para-hydroxylation sites is 1. The summed E-state index contributed by atoms with van der Waals surface area (Å²) in [5, 5.41) is 11.2. The number of pyridine rings is 1. The van der Waals surface area contributed by atoms with E-state index in [-0.39, 0.29) is 10.8 Å². The second kappa shape index (κ2) is 10.4. The summed E-state index contributed by atoms with van der Waals surface area (Å²) in [6, 6.07) is 13.4. The third kappa shape index (κ3) is 4.75. The van der Waals surface area contributed by atoms with Crippen LogP contribution in [0.15, 0.2) is 82.9 Å².